The Hall–Kier alpha value is -1.14. The van der Waals surface area contributed by atoms with Gasteiger partial charge in [0.2, 0.25) is 0 Å². The summed E-state index contributed by atoms with van der Waals surface area (Å²) in [6, 6.07) is 2.90. The van der Waals surface area contributed by atoms with Gasteiger partial charge in [0.05, 0.1) is 10.5 Å². The molecule has 0 aromatic heterocycles. The fourth-order valence-electron chi connectivity index (χ4n) is 1.72. The summed E-state index contributed by atoms with van der Waals surface area (Å²) in [5.74, 6) is -1.48. The highest BCUT2D eigenvalue weighted by Gasteiger charge is 2.18. The lowest BCUT2D eigenvalue weighted by Gasteiger charge is -2.13. The minimum absolute atomic E-state index is 0.0710. The SMILES string of the molecule is CCCCC(C)NC(=O)c1ccc(S(=O)(=O)Cl)cc1F. The number of rotatable bonds is 6. The van der Waals surface area contributed by atoms with Crippen molar-refractivity contribution in [1.82, 2.24) is 5.32 Å². The Morgan fingerprint density at radius 1 is 1.45 bits per heavy atom. The van der Waals surface area contributed by atoms with Crippen LogP contribution in [0, 0.1) is 5.82 Å². The Balaban J connectivity index is 2.84. The molecule has 0 heterocycles. The van der Waals surface area contributed by atoms with Crippen LogP contribution in [0.3, 0.4) is 0 Å². The molecule has 0 radical (unpaired) electrons. The van der Waals surface area contributed by atoms with Crippen molar-refractivity contribution in [3.8, 4) is 0 Å². The zero-order chi connectivity index (χ0) is 15.3. The number of amides is 1. The summed E-state index contributed by atoms with van der Waals surface area (Å²) < 4.78 is 35.9. The quantitative estimate of drug-likeness (QED) is 0.819. The third-order valence-corrected chi connectivity index (χ3v) is 4.19. The molecule has 0 aliphatic rings. The van der Waals surface area contributed by atoms with Crippen molar-refractivity contribution in [2.45, 2.75) is 44.0 Å². The number of halogens is 2. The van der Waals surface area contributed by atoms with Crippen molar-refractivity contribution >= 4 is 25.6 Å². The van der Waals surface area contributed by atoms with Gasteiger partial charge in [-0.2, -0.15) is 0 Å². The summed E-state index contributed by atoms with van der Waals surface area (Å²) in [5.41, 5.74) is -0.197. The molecule has 4 nitrogen and oxygen atoms in total. The van der Waals surface area contributed by atoms with Gasteiger partial charge in [-0.05, 0) is 31.5 Å². The first kappa shape index (κ1) is 16.9. The first-order valence-corrected chi connectivity index (χ1v) is 8.61. The third-order valence-electron chi connectivity index (χ3n) is 2.83. The van der Waals surface area contributed by atoms with Gasteiger partial charge in [0.15, 0.2) is 0 Å². The van der Waals surface area contributed by atoms with E-state index in [4.69, 9.17) is 10.7 Å². The third kappa shape index (κ3) is 4.76. The van der Waals surface area contributed by atoms with E-state index < -0.39 is 20.8 Å². The van der Waals surface area contributed by atoms with Crippen LogP contribution in [0.25, 0.3) is 0 Å². The molecule has 0 spiro atoms. The standard InChI is InChI=1S/C13H17ClFNO3S/c1-3-4-5-9(2)16-13(17)11-7-6-10(8-12(11)15)20(14,18)19/h6-9H,3-5H2,1-2H3,(H,16,17). The fraction of sp³-hybridized carbons (Fsp3) is 0.462. The first-order chi connectivity index (χ1) is 9.25. The van der Waals surface area contributed by atoms with E-state index in [1.165, 1.54) is 0 Å². The van der Waals surface area contributed by atoms with Gasteiger partial charge >= 0.3 is 0 Å². The van der Waals surface area contributed by atoms with E-state index >= 15 is 0 Å². The number of carbonyl (C=O) groups excluding carboxylic acids is 1. The minimum Gasteiger partial charge on any atom is -0.349 e. The molecule has 0 saturated heterocycles. The van der Waals surface area contributed by atoms with E-state index in [0.29, 0.717) is 0 Å². The fourth-order valence-corrected chi connectivity index (χ4v) is 2.48. The molecule has 1 aromatic rings. The van der Waals surface area contributed by atoms with Gasteiger partial charge in [-0.1, -0.05) is 19.8 Å². The summed E-state index contributed by atoms with van der Waals surface area (Å²) in [7, 11) is 1.11. The Kier molecular flexibility index (Phi) is 5.95. The maximum absolute atomic E-state index is 13.7. The predicted octanol–water partition coefficient (Wildman–Crippen LogP) is 3.06. The molecule has 0 bridgehead atoms. The van der Waals surface area contributed by atoms with Crippen LogP contribution in [0.15, 0.2) is 23.1 Å². The molecule has 0 aliphatic carbocycles. The number of nitrogens with one attached hydrogen (secondary N) is 1. The van der Waals surface area contributed by atoms with Crippen molar-refractivity contribution in [3.05, 3.63) is 29.6 Å². The average molecular weight is 322 g/mol. The zero-order valence-corrected chi connectivity index (χ0v) is 12.9. The first-order valence-electron chi connectivity index (χ1n) is 6.30. The number of unbranched alkanes of at least 4 members (excludes halogenated alkanes) is 1. The van der Waals surface area contributed by atoms with Crippen molar-refractivity contribution in [1.29, 1.82) is 0 Å². The second kappa shape index (κ2) is 7.04. The Labute approximate surface area is 122 Å². The van der Waals surface area contributed by atoms with Crippen LogP contribution in [0.1, 0.15) is 43.5 Å². The molecule has 1 atom stereocenters. The van der Waals surface area contributed by atoms with Crippen molar-refractivity contribution in [3.63, 3.8) is 0 Å². The molecule has 0 saturated carbocycles. The van der Waals surface area contributed by atoms with Crippen LogP contribution < -0.4 is 5.32 Å². The molecule has 1 amide bonds. The Bertz CT molecular complexity index is 589. The van der Waals surface area contributed by atoms with Gasteiger partial charge in [0.1, 0.15) is 5.82 Å². The van der Waals surface area contributed by atoms with Crippen molar-refractivity contribution in [2.24, 2.45) is 0 Å². The molecule has 0 fully saturated rings. The van der Waals surface area contributed by atoms with Gasteiger partial charge in [-0.15, -0.1) is 0 Å². The molecule has 7 heteroatoms. The van der Waals surface area contributed by atoms with E-state index in [-0.39, 0.29) is 16.5 Å². The molecule has 0 aliphatic heterocycles. The lowest BCUT2D eigenvalue weighted by Crippen LogP contribution is -2.33. The highest BCUT2D eigenvalue weighted by Crippen LogP contribution is 2.18. The summed E-state index contributed by atoms with van der Waals surface area (Å²) in [4.78, 5) is 11.5. The molecule has 1 unspecified atom stereocenters. The Morgan fingerprint density at radius 2 is 2.10 bits per heavy atom. The van der Waals surface area contributed by atoms with Crippen LogP contribution >= 0.6 is 10.7 Å². The summed E-state index contributed by atoms with van der Waals surface area (Å²) in [5, 5.41) is 2.67. The highest BCUT2D eigenvalue weighted by atomic mass is 35.7. The van der Waals surface area contributed by atoms with Gasteiger partial charge in [0.25, 0.3) is 15.0 Å². The molecule has 112 valence electrons. The van der Waals surface area contributed by atoms with Crippen LogP contribution in [-0.4, -0.2) is 20.4 Å². The normalized spacial score (nSPS) is 13.0. The smallest absolute Gasteiger partial charge is 0.261 e. The van der Waals surface area contributed by atoms with Crippen molar-refractivity contribution < 1.29 is 17.6 Å². The monoisotopic (exact) mass is 321 g/mol. The van der Waals surface area contributed by atoms with E-state index in [1.54, 1.807) is 0 Å². The second-order valence-electron chi connectivity index (χ2n) is 4.60. The summed E-state index contributed by atoms with van der Waals surface area (Å²) in [6.07, 6.45) is 2.78. The average Bonchev–Trinajstić information content (AvgIpc) is 2.34. The maximum atomic E-state index is 13.7. The number of carbonyl (C=O) groups is 1. The Morgan fingerprint density at radius 3 is 2.60 bits per heavy atom. The number of benzene rings is 1. The topological polar surface area (TPSA) is 63.2 Å². The van der Waals surface area contributed by atoms with E-state index in [9.17, 15) is 17.6 Å². The van der Waals surface area contributed by atoms with Gasteiger partial charge in [-0.3, -0.25) is 4.79 Å². The van der Waals surface area contributed by atoms with E-state index in [2.05, 4.69) is 5.32 Å². The largest absolute Gasteiger partial charge is 0.349 e. The predicted molar refractivity (Wildman–Crippen MR) is 75.9 cm³/mol. The van der Waals surface area contributed by atoms with Crippen LogP contribution in [0.2, 0.25) is 0 Å². The summed E-state index contributed by atoms with van der Waals surface area (Å²) >= 11 is 0. The van der Waals surface area contributed by atoms with Crippen molar-refractivity contribution in [2.75, 3.05) is 0 Å². The van der Waals surface area contributed by atoms with E-state index in [1.807, 2.05) is 13.8 Å². The van der Waals surface area contributed by atoms with Gasteiger partial charge in [-0.25, -0.2) is 12.8 Å². The summed E-state index contributed by atoms with van der Waals surface area (Å²) in [6.45, 7) is 3.88. The lowest BCUT2D eigenvalue weighted by atomic mass is 10.1. The highest BCUT2D eigenvalue weighted by molar-refractivity contribution is 8.13. The minimum atomic E-state index is -4.00. The number of hydrogen-bond donors (Lipinski definition) is 1. The zero-order valence-electron chi connectivity index (χ0n) is 11.3. The molecule has 1 rings (SSSR count). The molecular weight excluding hydrogens is 305 g/mol. The van der Waals surface area contributed by atoms with E-state index in [0.717, 1.165) is 37.5 Å². The van der Waals surface area contributed by atoms with Crippen LogP contribution in [0.5, 0.6) is 0 Å². The molecule has 20 heavy (non-hydrogen) atoms. The van der Waals surface area contributed by atoms with Crippen LogP contribution in [0.4, 0.5) is 4.39 Å². The molecule has 1 N–H and O–H groups in total. The lowest BCUT2D eigenvalue weighted by molar-refractivity contribution is 0.0933. The molecule has 1 aromatic carbocycles. The molecular formula is C13H17ClFNO3S. The maximum Gasteiger partial charge on any atom is 0.261 e. The van der Waals surface area contributed by atoms with Gasteiger partial charge in [0, 0.05) is 16.7 Å². The second-order valence-corrected chi connectivity index (χ2v) is 7.16. The number of hydrogen-bond acceptors (Lipinski definition) is 3. The van der Waals surface area contributed by atoms with Crippen LogP contribution in [-0.2, 0) is 9.05 Å². The van der Waals surface area contributed by atoms with Gasteiger partial charge < -0.3 is 5.32 Å².